The van der Waals surface area contributed by atoms with Gasteiger partial charge in [-0.05, 0) is 32.0 Å². The first-order valence-corrected chi connectivity index (χ1v) is 7.98. The number of rotatable bonds is 3. The lowest BCUT2D eigenvalue weighted by Crippen LogP contribution is -2.35. The Balaban J connectivity index is 1.95. The molecule has 0 spiro atoms. The Hall–Kier alpha value is -1.92. The van der Waals surface area contributed by atoms with E-state index in [2.05, 4.69) is 25.4 Å². The van der Waals surface area contributed by atoms with Crippen molar-refractivity contribution in [2.24, 2.45) is 0 Å². The van der Waals surface area contributed by atoms with Crippen molar-refractivity contribution in [1.82, 2.24) is 15.3 Å². The van der Waals surface area contributed by atoms with Crippen LogP contribution in [0.15, 0.2) is 6.07 Å². The smallest absolute Gasteiger partial charge is 0.393 e. The Morgan fingerprint density at radius 3 is 2.74 bits per heavy atom. The highest BCUT2D eigenvalue weighted by atomic mass is 32.1. The number of fused-ring (bicyclic) bond motifs is 1. The fraction of sp³-hybridized carbons (Fsp3) is 0.500. The Bertz CT molecular complexity index is 743. The van der Waals surface area contributed by atoms with Gasteiger partial charge in [-0.3, -0.25) is 0 Å². The van der Waals surface area contributed by atoms with Gasteiger partial charge < -0.3 is 15.5 Å². The molecule has 5 nitrogen and oxygen atoms in total. The second-order valence-corrected chi connectivity index (χ2v) is 6.49. The summed E-state index contributed by atoms with van der Waals surface area (Å²) in [5.41, 5.74) is 0. The van der Waals surface area contributed by atoms with Gasteiger partial charge in [0.25, 0.3) is 0 Å². The zero-order valence-corrected chi connectivity index (χ0v) is 12.9. The van der Waals surface area contributed by atoms with Gasteiger partial charge in [-0.25, -0.2) is 0 Å². The number of piperidine rings is 1. The summed E-state index contributed by atoms with van der Waals surface area (Å²) in [6.07, 6.45) is -3.45. The third-order valence-electron chi connectivity index (χ3n) is 3.59. The van der Waals surface area contributed by atoms with Crippen molar-refractivity contribution >= 4 is 33.3 Å². The monoisotopic (exact) mass is 341 g/mol. The number of alkyl halides is 3. The molecule has 1 aliphatic rings. The van der Waals surface area contributed by atoms with E-state index in [1.807, 2.05) is 0 Å². The molecule has 0 radical (unpaired) electrons. The predicted molar refractivity (Wildman–Crippen MR) is 83.0 cm³/mol. The molecule has 0 unspecified atom stereocenters. The number of aromatic nitrogens is 2. The van der Waals surface area contributed by atoms with Crippen LogP contribution in [0.3, 0.4) is 0 Å². The Labute approximate surface area is 134 Å². The van der Waals surface area contributed by atoms with Crippen LogP contribution in [-0.4, -0.2) is 35.3 Å². The second kappa shape index (κ2) is 6.29. The third kappa shape index (κ3) is 3.89. The lowest BCUT2D eigenvalue weighted by molar-refractivity contribution is -0.126. The van der Waals surface area contributed by atoms with Crippen LogP contribution in [0.4, 0.5) is 24.9 Å². The molecule has 0 saturated carbocycles. The highest BCUT2D eigenvalue weighted by molar-refractivity contribution is 7.18. The number of thiophene rings is 1. The van der Waals surface area contributed by atoms with Gasteiger partial charge in [0, 0.05) is 10.9 Å². The van der Waals surface area contributed by atoms with Crippen LogP contribution in [0.5, 0.6) is 0 Å². The van der Waals surface area contributed by atoms with Gasteiger partial charge in [-0.1, -0.05) is 0 Å². The minimum atomic E-state index is -4.26. The highest BCUT2D eigenvalue weighted by Gasteiger charge is 2.30. The lowest BCUT2D eigenvalue weighted by atomic mass is 10.1. The first-order chi connectivity index (χ1) is 10.9. The molecule has 0 atom stereocenters. The van der Waals surface area contributed by atoms with Crippen LogP contribution in [0, 0.1) is 6.57 Å². The van der Waals surface area contributed by atoms with Gasteiger partial charge in [-0.15, -0.1) is 27.9 Å². The molecule has 3 heterocycles. The number of halogens is 3. The summed E-state index contributed by atoms with van der Waals surface area (Å²) in [7, 11) is 0. The number of hydrogen-bond acceptors (Lipinski definition) is 5. The molecule has 0 amide bonds. The summed E-state index contributed by atoms with van der Waals surface area (Å²) in [5.74, 6) is 0.409. The molecule has 2 aromatic heterocycles. The van der Waals surface area contributed by atoms with Crippen molar-refractivity contribution < 1.29 is 13.2 Å². The molecule has 1 saturated heterocycles. The minimum absolute atomic E-state index is 0.0469. The number of hydrogen-bond donors (Lipinski definition) is 2. The van der Waals surface area contributed by atoms with E-state index in [0.29, 0.717) is 16.0 Å². The van der Waals surface area contributed by atoms with Crippen LogP contribution in [-0.2, 0) is 6.42 Å². The van der Waals surface area contributed by atoms with Gasteiger partial charge >= 0.3 is 12.1 Å². The maximum absolute atomic E-state index is 12.6. The number of nitrogens with one attached hydrogen (secondary N) is 2. The van der Waals surface area contributed by atoms with E-state index >= 15 is 0 Å². The average Bonchev–Trinajstić information content (AvgIpc) is 2.88. The van der Waals surface area contributed by atoms with Crippen molar-refractivity contribution in [3.05, 3.63) is 22.4 Å². The molecular weight excluding hydrogens is 327 g/mol. The summed E-state index contributed by atoms with van der Waals surface area (Å²) in [6.45, 7) is 8.83. The lowest BCUT2D eigenvalue weighted by Gasteiger charge is -2.23. The SMILES string of the molecule is [C-]#[N+]c1nc(NC2CCNCC2)c2cc(CC(F)(F)F)sc2n1. The van der Waals surface area contributed by atoms with Crippen LogP contribution in [0.25, 0.3) is 15.1 Å². The zero-order chi connectivity index (χ0) is 16.4. The average molecular weight is 341 g/mol. The molecule has 23 heavy (non-hydrogen) atoms. The quantitative estimate of drug-likeness (QED) is 0.839. The molecule has 0 aliphatic carbocycles. The Morgan fingerprint density at radius 1 is 1.35 bits per heavy atom. The van der Waals surface area contributed by atoms with E-state index in [1.54, 1.807) is 0 Å². The first kappa shape index (κ1) is 16.0. The van der Waals surface area contributed by atoms with Gasteiger partial charge in [-0.2, -0.15) is 13.2 Å². The summed E-state index contributed by atoms with van der Waals surface area (Å²) in [4.78, 5) is 12.0. The van der Waals surface area contributed by atoms with Crippen molar-refractivity contribution in [2.45, 2.75) is 31.5 Å². The molecule has 1 aliphatic heterocycles. The summed E-state index contributed by atoms with van der Waals surface area (Å²) >= 11 is 0.963. The van der Waals surface area contributed by atoms with Gasteiger partial charge in [0.05, 0.1) is 11.8 Å². The number of nitrogens with zero attached hydrogens (tertiary/aromatic N) is 3. The van der Waals surface area contributed by atoms with Crippen LogP contribution in [0.2, 0.25) is 0 Å². The maximum Gasteiger partial charge on any atom is 0.393 e. The first-order valence-electron chi connectivity index (χ1n) is 7.16. The Kier molecular flexibility index (Phi) is 4.37. The standard InChI is InChI=1S/C14H14F3N5S/c1-18-13-21-11(20-8-2-4-19-5-3-8)10-6-9(7-14(15,16)17)23-12(10)22-13/h6,8,19H,2-5,7H2,(H,20,21,22). The van der Waals surface area contributed by atoms with E-state index in [0.717, 1.165) is 37.3 Å². The summed E-state index contributed by atoms with van der Waals surface area (Å²) < 4.78 is 37.8. The van der Waals surface area contributed by atoms with Crippen molar-refractivity contribution in [1.29, 1.82) is 0 Å². The predicted octanol–water partition coefficient (Wildman–Crippen LogP) is 3.51. The van der Waals surface area contributed by atoms with Crippen molar-refractivity contribution in [3.8, 4) is 0 Å². The van der Waals surface area contributed by atoms with E-state index in [-0.39, 0.29) is 16.9 Å². The fourth-order valence-electron chi connectivity index (χ4n) is 2.56. The third-order valence-corrected chi connectivity index (χ3v) is 4.62. The second-order valence-electron chi connectivity index (χ2n) is 5.38. The van der Waals surface area contributed by atoms with E-state index in [4.69, 9.17) is 6.57 Å². The van der Waals surface area contributed by atoms with Gasteiger partial charge in [0.2, 0.25) is 0 Å². The van der Waals surface area contributed by atoms with Gasteiger partial charge in [0.1, 0.15) is 0 Å². The number of anilines is 1. The summed E-state index contributed by atoms with van der Waals surface area (Å²) in [5, 5.41) is 7.07. The van der Waals surface area contributed by atoms with Crippen molar-refractivity contribution in [3.63, 3.8) is 0 Å². The molecule has 0 bridgehead atoms. The minimum Gasteiger partial charge on any atom is -0.394 e. The summed E-state index contributed by atoms with van der Waals surface area (Å²) in [6, 6.07) is 1.67. The normalized spacial score (nSPS) is 16.4. The van der Waals surface area contributed by atoms with Crippen molar-refractivity contribution in [2.75, 3.05) is 18.4 Å². The molecule has 2 N–H and O–H groups in total. The van der Waals surface area contributed by atoms with E-state index in [9.17, 15) is 13.2 Å². The van der Waals surface area contributed by atoms with Crippen LogP contribution < -0.4 is 10.6 Å². The Morgan fingerprint density at radius 2 is 2.09 bits per heavy atom. The van der Waals surface area contributed by atoms with Crippen LogP contribution in [0.1, 0.15) is 17.7 Å². The molecule has 3 rings (SSSR count). The van der Waals surface area contributed by atoms with E-state index in [1.165, 1.54) is 6.07 Å². The molecule has 2 aromatic rings. The van der Waals surface area contributed by atoms with Crippen LogP contribution >= 0.6 is 11.3 Å². The zero-order valence-electron chi connectivity index (χ0n) is 12.1. The molecule has 0 aromatic carbocycles. The largest absolute Gasteiger partial charge is 0.394 e. The molecular formula is C14H14F3N5S. The topological polar surface area (TPSA) is 54.2 Å². The highest BCUT2D eigenvalue weighted by Crippen LogP contribution is 2.34. The van der Waals surface area contributed by atoms with Gasteiger partial charge in [0.15, 0.2) is 10.6 Å². The molecule has 122 valence electrons. The maximum atomic E-state index is 12.6. The molecule has 9 heteroatoms. The molecule has 1 fully saturated rings. The fourth-order valence-corrected chi connectivity index (χ4v) is 3.62. The van der Waals surface area contributed by atoms with E-state index < -0.39 is 12.6 Å².